The van der Waals surface area contributed by atoms with Crippen LogP contribution in [-0.2, 0) is 9.53 Å². The third-order valence-electron chi connectivity index (χ3n) is 6.14. The smallest absolute Gasteiger partial charge is 0.438 e. The molecule has 0 aromatic carbocycles. The highest BCUT2D eigenvalue weighted by Gasteiger charge is 3.01. The van der Waals surface area contributed by atoms with E-state index in [0.717, 1.165) is 0 Å². The lowest BCUT2D eigenvalue weighted by Gasteiger charge is -2.46. The zero-order chi connectivity index (χ0) is 41.4. The van der Waals surface area contributed by atoms with Crippen LogP contribution in [0.2, 0.25) is 0 Å². The van der Waals surface area contributed by atoms with Gasteiger partial charge in [-0.1, -0.05) is 6.58 Å². The van der Waals surface area contributed by atoms with Crippen LogP contribution in [-0.4, -0.2) is 101 Å². The number of halogens is 27. The summed E-state index contributed by atoms with van der Waals surface area (Å²) in [6.07, 6.45) is -24.2. The van der Waals surface area contributed by atoms with Crippen molar-refractivity contribution in [1.82, 2.24) is 0 Å². The zero-order valence-electron chi connectivity index (χ0n) is 22.7. The molecule has 1 atom stereocenters. The molecule has 0 aliphatic rings. The molecule has 0 aromatic rings. The van der Waals surface area contributed by atoms with E-state index in [9.17, 15) is 123 Å². The highest BCUT2D eigenvalue weighted by Crippen LogP contribution is 2.69. The van der Waals surface area contributed by atoms with Crippen molar-refractivity contribution in [2.24, 2.45) is 0 Å². The Morgan fingerprint density at radius 2 is 0.740 bits per heavy atom. The number of alkyl halides is 27. The van der Waals surface area contributed by atoms with Gasteiger partial charge in [0.15, 0.2) is 0 Å². The Balaban J connectivity index is 7.45. The molecule has 30 heteroatoms. The summed E-state index contributed by atoms with van der Waals surface area (Å²) in [6.45, 7) is 1.14. The van der Waals surface area contributed by atoms with E-state index in [1.807, 2.05) is 0 Å². The van der Waals surface area contributed by atoms with Crippen LogP contribution in [0.3, 0.4) is 0 Å². The van der Waals surface area contributed by atoms with Gasteiger partial charge in [0.2, 0.25) is 0 Å². The van der Waals surface area contributed by atoms with E-state index in [1.54, 1.807) is 0 Å². The minimum absolute atomic E-state index is 0.622. The molecular weight excluding hydrogens is 801 g/mol. The molecule has 1 N–H and O–H groups in total. The van der Waals surface area contributed by atoms with Crippen molar-refractivity contribution in [2.45, 2.75) is 96.7 Å². The topological polar surface area (TPSA) is 46.5 Å². The van der Waals surface area contributed by atoms with E-state index >= 15 is 0 Å². The number of hydrogen-bond donors (Lipinski definition) is 1. The second-order valence-electron chi connectivity index (χ2n) is 9.72. The molecule has 0 aromatic heterocycles. The quantitative estimate of drug-likeness (QED) is 0.102. The van der Waals surface area contributed by atoms with Gasteiger partial charge in [-0.15, -0.1) is 0 Å². The minimum atomic E-state index is -9.90. The van der Waals surface area contributed by atoms with Gasteiger partial charge in [0, 0.05) is 5.57 Å². The first-order chi connectivity index (χ1) is 21.3. The van der Waals surface area contributed by atoms with E-state index in [1.165, 1.54) is 0 Å². The molecule has 298 valence electrons. The normalized spacial score (nSPS) is 16.7. The number of rotatable bonds is 15. The van der Waals surface area contributed by atoms with Crippen LogP contribution in [0.25, 0.3) is 0 Å². The molecule has 0 saturated carbocycles. The lowest BCUT2D eigenvalue weighted by molar-refractivity contribution is -0.487. The Kier molecular flexibility index (Phi) is 11.8. The molecule has 1 unspecified atom stereocenters. The van der Waals surface area contributed by atoms with Crippen LogP contribution in [0.4, 0.5) is 119 Å². The van der Waals surface area contributed by atoms with Gasteiger partial charge in [-0.25, -0.2) is 9.18 Å². The summed E-state index contributed by atoms with van der Waals surface area (Å²) in [5, 5.41) is 8.76. The average Bonchev–Trinajstić information content (AvgIpc) is 2.89. The summed E-state index contributed by atoms with van der Waals surface area (Å²) >= 11 is 0. The molecule has 0 heterocycles. The summed E-state index contributed by atoms with van der Waals surface area (Å²) in [7, 11) is 0. The maximum Gasteiger partial charge on any atom is 0.438 e. The molecule has 0 aliphatic carbocycles. The Morgan fingerprint density at radius 1 is 0.500 bits per heavy atom. The molecule has 0 bridgehead atoms. The van der Waals surface area contributed by atoms with Crippen LogP contribution in [0.1, 0.15) is 13.3 Å². The highest BCUT2D eigenvalue weighted by atomic mass is 19.4. The fraction of sp³-hybridized carbons (Fsp3) is 0.850. The number of carbonyl (C=O) groups excluding carboxylic acids is 1. The second kappa shape index (κ2) is 12.5. The summed E-state index contributed by atoms with van der Waals surface area (Å²) < 4.78 is 370. The van der Waals surface area contributed by atoms with Crippen molar-refractivity contribution in [3.8, 4) is 0 Å². The van der Waals surface area contributed by atoms with Crippen molar-refractivity contribution in [2.75, 3.05) is 6.61 Å². The summed E-state index contributed by atoms with van der Waals surface area (Å²) in [6, 6.07) is 0. The van der Waals surface area contributed by atoms with E-state index in [2.05, 4.69) is 11.3 Å². The van der Waals surface area contributed by atoms with Crippen LogP contribution < -0.4 is 0 Å². The molecule has 0 rings (SSSR count). The van der Waals surface area contributed by atoms with Gasteiger partial charge in [-0.2, -0.15) is 114 Å². The largest absolute Gasteiger partial charge is 0.456 e. The first kappa shape index (κ1) is 47.3. The third kappa shape index (κ3) is 6.14. The maximum atomic E-state index is 14.0. The number of hydrogen-bond acceptors (Lipinski definition) is 3. The van der Waals surface area contributed by atoms with Crippen LogP contribution in [0, 0.1) is 0 Å². The molecule has 0 saturated heterocycles. The van der Waals surface area contributed by atoms with Crippen LogP contribution >= 0.6 is 0 Å². The lowest BCUT2D eigenvalue weighted by atomic mass is 9.81. The van der Waals surface area contributed by atoms with Gasteiger partial charge < -0.3 is 9.84 Å². The molecule has 0 amide bonds. The highest BCUT2D eigenvalue weighted by molar-refractivity contribution is 5.87. The van der Waals surface area contributed by atoms with E-state index in [0.29, 0.717) is 6.92 Å². The van der Waals surface area contributed by atoms with Crippen molar-refractivity contribution < 1.29 is 133 Å². The lowest BCUT2D eigenvalue weighted by Crippen LogP contribution is -2.79. The molecule has 0 aliphatic heterocycles. The van der Waals surface area contributed by atoms with Crippen molar-refractivity contribution >= 4 is 5.97 Å². The number of aliphatic hydroxyl groups is 1. The Morgan fingerprint density at radius 3 is 0.960 bits per heavy atom. The summed E-state index contributed by atoms with van der Waals surface area (Å²) in [4.78, 5) is 11.2. The first-order valence-corrected chi connectivity index (χ1v) is 11.3. The predicted molar refractivity (Wildman–Crippen MR) is 102 cm³/mol. The van der Waals surface area contributed by atoms with Gasteiger partial charge in [0.05, 0.1) is 13.0 Å². The van der Waals surface area contributed by atoms with Crippen LogP contribution in [0.5, 0.6) is 0 Å². The summed E-state index contributed by atoms with van der Waals surface area (Å²) in [5.41, 5.74) is -10.2. The summed E-state index contributed by atoms with van der Waals surface area (Å²) in [5.74, 6) is -95.1. The molecular formula is C20H11F27O3. The molecule has 0 fully saturated rings. The van der Waals surface area contributed by atoms with Gasteiger partial charge in [0.1, 0.15) is 6.10 Å². The van der Waals surface area contributed by atoms with Gasteiger partial charge in [0.25, 0.3) is 0 Å². The maximum absolute atomic E-state index is 14.0. The molecule has 3 nitrogen and oxygen atoms in total. The predicted octanol–water partition coefficient (Wildman–Crippen LogP) is 9.04. The Labute approximate surface area is 256 Å². The third-order valence-corrected chi connectivity index (χ3v) is 6.14. The second-order valence-corrected chi connectivity index (χ2v) is 9.72. The average molecular weight is 812 g/mol. The van der Waals surface area contributed by atoms with E-state index in [4.69, 9.17) is 5.11 Å². The Bertz CT molecular complexity index is 1240. The van der Waals surface area contributed by atoms with E-state index < -0.39 is 108 Å². The number of ether oxygens (including phenoxy) is 1. The van der Waals surface area contributed by atoms with Gasteiger partial charge >= 0.3 is 83.2 Å². The fourth-order valence-electron chi connectivity index (χ4n) is 3.15. The van der Waals surface area contributed by atoms with Crippen LogP contribution in [0.15, 0.2) is 12.2 Å². The molecule has 50 heavy (non-hydrogen) atoms. The van der Waals surface area contributed by atoms with Gasteiger partial charge in [-0.05, 0) is 6.92 Å². The molecule has 0 spiro atoms. The number of esters is 1. The first-order valence-electron chi connectivity index (χ1n) is 11.3. The SMILES string of the molecule is C=C(C)C(=O)OC(CO)CC(F)(F)C(F)(F)C(F)(F)C(F)(F)C(F)(F)C(F)(F)C(F)(F)C(F)(F)C(F)(F)C(F)(F)C(F)(C(F)(F)F)C(F)(F)F. The van der Waals surface area contributed by atoms with Crippen molar-refractivity contribution in [3.63, 3.8) is 0 Å². The minimum Gasteiger partial charge on any atom is -0.456 e. The number of aliphatic hydroxyl groups excluding tert-OH is 1. The monoisotopic (exact) mass is 812 g/mol. The standard InChI is InChI=1S/C20H11F27O3/c1-5(2)7(49)50-6(4-48)3-8(21,22)10(24,25)12(28,29)14(32,33)16(36,37)18(40,41)17(38,39)15(34,35)13(30,31)11(26,27)9(23,19(42,43)44)20(45,46)47/h6,48H,1,3-4H2,2H3. The van der Waals surface area contributed by atoms with Crippen molar-refractivity contribution in [3.05, 3.63) is 12.2 Å². The zero-order valence-corrected chi connectivity index (χ0v) is 22.7. The van der Waals surface area contributed by atoms with Crippen molar-refractivity contribution in [1.29, 1.82) is 0 Å². The van der Waals surface area contributed by atoms with Gasteiger partial charge in [-0.3, -0.25) is 0 Å². The number of carbonyl (C=O) groups is 1. The molecule has 0 radical (unpaired) electrons. The van der Waals surface area contributed by atoms with E-state index in [-0.39, 0.29) is 0 Å². The Hall–Kier alpha value is -2.72. The fourth-order valence-corrected chi connectivity index (χ4v) is 3.15.